The summed E-state index contributed by atoms with van der Waals surface area (Å²) in [4.78, 5) is 0. The summed E-state index contributed by atoms with van der Waals surface area (Å²) in [5, 5.41) is 13.4. The Morgan fingerprint density at radius 2 is 2.04 bits per heavy atom. The smallest absolute Gasteiger partial charge is 0.192 e. The van der Waals surface area contributed by atoms with E-state index in [1.165, 1.54) is 0 Å². The first kappa shape index (κ1) is 18.0. The highest BCUT2D eigenvalue weighted by Gasteiger charge is 2.36. The van der Waals surface area contributed by atoms with E-state index in [1.54, 1.807) is 16.9 Å². The third kappa shape index (κ3) is 3.94. The number of rotatable bonds is 5. The predicted octanol–water partition coefficient (Wildman–Crippen LogP) is 4.37. The van der Waals surface area contributed by atoms with E-state index < -0.39 is 8.32 Å². The average molecular weight is 396 g/mol. The second kappa shape index (κ2) is 6.63. The Morgan fingerprint density at radius 3 is 2.65 bits per heavy atom. The van der Waals surface area contributed by atoms with Crippen molar-refractivity contribution in [3.05, 3.63) is 28.5 Å². The van der Waals surface area contributed by atoms with Gasteiger partial charge in [-0.2, -0.15) is 10.4 Å². The highest BCUT2D eigenvalue weighted by atomic mass is 79.9. The summed E-state index contributed by atoms with van der Waals surface area (Å²) in [5.74, 6) is 0.691. The fourth-order valence-corrected chi connectivity index (χ4v) is 3.53. The van der Waals surface area contributed by atoms with E-state index in [9.17, 15) is 0 Å². The standard InChI is InChI=1S/C16H22BrN3O2Si/c1-16(2,3)23(4,5)22-7-6-21-13-8-14(17)15-12(9-18)10-19-20(15)11-13/h8,10-11H,6-7H2,1-5H3. The molecule has 0 spiro atoms. The number of hydrogen-bond donors (Lipinski definition) is 0. The van der Waals surface area contributed by atoms with Crippen LogP contribution in [0.3, 0.4) is 0 Å². The maximum Gasteiger partial charge on any atom is 0.192 e. The molecule has 5 nitrogen and oxygen atoms in total. The van der Waals surface area contributed by atoms with Gasteiger partial charge in [0.1, 0.15) is 18.4 Å². The Kier molecular flexibility index (Phi) is 5.19. The Balaban J connectivity index is 2.00. The lowest BCUT2D eigenvalue weighted by Crippen LogP contribution is -2.41. The van der Waals surface area contributed by atoms with Gasteiger partial charge in [-0.25, -0.2) is 4.52 Å². The van der Waals surface area contributed by atoms with Crippen LogP contribution in [0.1, 0.15) is 26.3 Å². The SMILES string of the molecule is CC(C)(C)[Si](C)(C)OCCOc1cc(Br)c2c(C#N)cnn2c1. The molecule has 0 aliphatic rings. The largest absolute Gasteiger partial charge is 0.490 e. The molecule has 2 aromatic heterocycles. The Morgan fingerprint density at radius 1 is 1.35 bits per heavy atom. The number of hydrogen-bond acceptors (Lipinski definition) is 4. The van der Waals surface area contributed by atoms with E-state index in [-0.39, 0.29) is 5.04 Å². The van der Waals surface area contributed by atoms with Gasteiger partial charge in [0, 0.05) is 4.47 Å². The van der Waals surface area contributed by atoms with Gasteiger partial charge in [0.05, 0.1) is 30.1 Å². The molecule has 0 N–H and O–H groups in total. The zero-order valence-electron chi connectivity index (χ0n) is 14.2. The Labute approximate surface area is 146 Å². The molecule has 0 saturated carbocycles. The molecule has 0 aliphatic heterocycles. The van der Waals surface area contributed by atoms with Crippen molar-refractivity contribution in [3.63, 3.8) is 0 Å². The predicted molar refractivity (Wildman–Crippen MR) is 96.3 cm³/mol. The lowest BCUT2D eigenvalue weighted by atomic mass is 10.2. The molecule has 0 bridgehead atoms. The lowest BCUT2D eigenvalue weighted by Gasteiger charge is -2.36. The van der Waals surface area contributed by atoms with Crippen LogP contribution in [0, 0.1) is 11.3 Å². The zero-order valence-corrected chi connectivity index (χ0v) is 16.8. The Bertz CT molecular complexity index is 744. The normalized spacial score (nSPS) is 12.4. The van der Waals surface area contributed by atoms with E-state index in [0.717, 1.165) is 9.99 Å². The van der Waals surface area contributed by atoms with Gasteiger partial charge in [-0.05, 0) is 40.1 Å². The highest BCUT2D eigenvalue weighted by molar-refractivity contribution is 9.10. The number of ether oxygens (including phenoxy) is 1. The maximum atomic E-state index is 9.07. The second-order valence-corrected chi connectivity index (χ2v) is 12.6. The third-order valence-electron chi connectivity index (χ3n) is 4.28. The minimum absolute atomic E-state index is 0.192. The number of nitriles is 1. The monoisotopic (exact) mass is 395 g/mol. The molecular weight excluding hydrogens is 374 g/mol. The van der Waals surface area contributed by atoms with Crippen molar-refractivity contribution < 1.29 is 9.16 Å². The van der Waals surface area contributed by atoms with Gasteiger partial charge in [-0.1, -0.05) is 20.8 Å². The van der Waals surface area contributed by atoms with Gasteiger partial charge in [-0.15, -0.1) is 0 Å². The topological polar surface area (TPSA) is 59.5 Å². The second-order valence-electron chi connectivity index (χ2n) is 6.94. The van der Waals surface area contributed by atoms with Crippen LogP contribution in [0.25, 0.3) is 5.52 Å². The quantitative estimate of drug-likeness (QED) is 0.556. The van der Waals surface area contributed by atoms with Gasteiger partial charge in [-0.3, -0.25) is 0 Å². The molecule has 2 aromatic rings. The molecule has 0 atom stereocenters. The number of nitrogens with zero attached hydrogens (tertiary/aromatic N) is 3. The van der Waals surface area contributed by atoms with E-state index in [4.69, 9.17) is 14.4 Å². The molecule has 0 aromatic carbocycles. The molecule has 0 aliphatic carbocycles. The molecule has 0 saturated heterocycles. The zero-order chi connectivity index (χ0) is 17.3. The van der Waals surface area contributed by atoms with Crippen molar-refractivity contribution in [3.8, 4) is 11.8 Å². The average Bonchev–Trinajstić information content (AvgIpc) is 2.86. The molecule has 0 fully saturated rings. The lowest BCUT2D eigenvalue weighted by molar-refractivity contribution is 0.203. The van der Waals surface area contributed by atoms with Gasteiger partial charge in [0.2, 0.25) is 0 Å². The van der Waals surface area contributed by atoms with E-state index in [1.807, 2.05) is 6.07 Å². The first-order valence-electron chi connectivity index (χ1n) is 7.49. The van der Waals surface area contributed by atoms with Crippen LogP contribution in [0.5, 0.6) is 5.75 Å². The molecule has 2 heterocycles. The summed E-state index contributed by atoms with van der Waals surface area (Å²) in [5.41, 5.74) is 1.28. The number of halogens is 1. The van der Waals surface area contributed by atoms with Crippen molar-refractivity contribution in [2.24, 2.45) is 0 Å². The molecule has 0 radical (unpaired) electrons. The number of fused-ring (bicyclic) bond motifs is 1. The number of pyridine rings is 1. The van der Waals surface area contributed by atoms with Crippen molar-refractivity contribution in [1.82, 2.24) is 9.61 Å². The highest BCUT2D eigenvalue weighted by Crippen LogP contribution is 2.36. The maximum absolute atomic E-state index is 9.07. The fourth-order valence-electron chi connectivity index (χ4n) is 1.88. The van der Waals surface area contributed by atoms with Crippen molar-refractivity contribution in [2.45, 2.75) is 38.9 Å². The summed E-state index contributed by atoms with van der Waals surface area (Å²) >= 11 is 3.47. The van der Waals surface area contributed by atoms with Crippen LogP contribution in [0.15, 0.2) is 22.9 Å². The first-order chi connectivity index (χ1) is 10.7. The third-order valence-corrected chi connectivity index (χ3v) is 9.42. The minimum Gasteiger partial charge on any atom is -0.490 e. The van der Waals surface area contributed by atoms with Gasteiger partial charge < -0.3 is 9.16 Å². The molecule has 7 heteroatoms. The summed E-state index contributed by atoms with van der Waals surface area (Å²) in [6.07, 6.45) is 3.32. The molecular formula is C16H22BrN3O2Si. The van der Waals surface area contributed by atoms with Crippen LogP contribution in [0.4, 0.5) is 0 Å². The molecule has 0 unspecified atom stereocenters. The summed E-state index contributed by atoms with van der Waals surface area (Å²) in [7, 11) is -1.74. The van der Waals surface area contributed by atoms with Crippen LogP contribution in [-0.4, -0.2) is 31.1 Å². The van der Waals surface area contributed by atoms with Crippen LogP contribution < -0.4 is 4.74 Å². The minimum atomic E-state index is -1.74. The molecule has 23 heavy (non-hydrogen) atoms. The Hall–Kier alpha value is -1.36. The van der Waals surface area contributed by atoms with Gasteiger partial charge in [0.15, 0.2) is 8.32 Å². The number of aromatic nitrogens is 2. The van der Waals surface area contributed by atoms with Crippen LogP contribution in [-0.2, 0) is 4.43 Å². The van der Waals surface area contributed by atoms with Crippen molar-refractivity contribution >= 4 is 29.8 Å². The first-order valence-corrected chi connectivity index (χ1v) is 11.2. The van der Waals surface area contributed by atoms with E-state index >= 15 is 0 Å². The molecule has 0 amide bonds. The van der Waals surface area contributed by atoms with E-state index in [0.29, 0.717) is 24.5 Å². The molecule has 124 valence electrons. The van der Waals surface area contributed by atoms with Crippen LogP contribution >= 0.6 is 15.9 Å². The van der Waals surface area contributed by atoms with Gasteiger partial charge in [0.25, 0.3) is 0 Å². The summed E-state index contributed by atoms with van der Waals surface area (Å²) in [6, 6.07) is 3.98. The van der Waals surface area contributed by atoms with E-state index in [2.05, 4.69) is 61.0 Å². The van der Waals surface area contributed by atoms with Crippen LogP contribution in [0.2, 0.25) is 18.1 Å². The van der Waals surface area contributed by atoms with Crippen molar-refractivity contribution in [1.29, 1.82) is 5.26 Å². The van der Waals surface area contributed by atoms with Crippen molar-refractivity contribution in [2.75, 3.05) is 13.2 Å². The molecule has 2 rings (SSSR count). The van der Waals surface area contributed by atoms with Gasteiger partial charge >= 0.3 is 0 Å². The fraction of sp³-hybridized carbons (Fsp3) is 0.500. The summed E-state index contributed by atoms with van der Waals surface area (Å²) in [6.45, 7) is 12.2. The summed E-state index contributed by atoms with van der Waals surface area (Å²) < 4.78 is 14.3.